The van der Waals surface area contributed by atoms with Crippen LogP contribution in [0.5, 0.6) is 0 Å². The summed E-state index contributed by atoms with van der Waals surface area (Å²) >= 11 is 1.98. The SMILES string of the molecule is C/C(=N\[Si](c1ccccc1)(c1ccccc1)c1ccccc1)c1ccc(/C(C)=N/[Si](c2ccccc2)(c2ccccc2)c2ccccc2)s1.[Cl][Fe][Cl]. The van der Waals surface area contributed by atoms with E-state index in [9.17, 15) is 0 Å². The third kappa shape index (κ3) is 8.09. The fraction of sp³-hybridized carbons (Fsp3) is 0.0455. The van der Waals surface area contributed by atoms with E-state index in [1.807, 2.05) is 0 Å². The van der Waals surface area contributed by atoms with E-state index in [0.29, 0.717) is 0 Å². The van der Waals surface area contributed by atoms with E-state index in [0.717, 1.165) is 21.2 Å². The number of rotatable bonds is 10. The molecule has 0 spiro atoms. The van der Waals surface area contributed by atoms with Gasteiger partial charge in [0.2, 0.25) is 0 Å². The van der Waals surface area contributed by atoms with E-state index < -0.39 is 16.5 Å². The van der Waals surface area contributed by atoms with Crippen molar-refractivity contribution in [1.29, 1.82) is 0 Å². The Kier molecular flexibility index (Phi) is 13.1. The van der Waals surface area contributed by atoms with Crippen LogP contribution in [0.15, 0.2) is 203 Å². The topological polar surface area (TPSA) is 24.7 Å². The molecule has 7 aromatic rings. The Morgan fingerprint density at radius 1 is 0.385 bits per heavy atom. The molecule has 0 saturated heterocycles. The molecule has 0 bridgehead atoms. The molecule has 6 aromatic carbocycles. The molecule has 1 aromatic heterocycles. The molecule has 0 radical (unpaired) electrons. The molecule has 0 unspecified atom stereocenters. The first-order valence-electron chi connectivity index (χ1n) is 16.9. The van der Waals surface area contributed by atoms with E-state index in [4.69, 9.17) is 29.5 Å². The first kappa shape index (κ1) is 37.6. The Labute approximate surface area is 328 Å². The van der Waals surface area contributed by atoms with Crippen LogP contribution in [0.3, 0.4) is 0 Å². The fourth-order valence-electron chi connectivity index (χ4n) is 6.80. The molecule has 0 amide bonds. The standard InChI is InChI=1S/C44H38N2SSi2.2ClH.Fe/c1-35(45-48(37-21-9-3-10-22-37,38-23-11-4-12-24-38)39-25-13-5-14-26-39)43-33-34-44(47-43)36(2)46-49(40-27-15-6-16-28-40,41-29-17-7-18-30-41)42-31-19-8-20-32-42;;;/h3-34H,1-2H3;2*1H;/q;;;+2/p-2/b45-35+,46-36+;;;. The van der Waals surface area contributed by atoms with Gasteiger partial charge in [0.25, 0.3) is 16.5 Å². The molecule has 260 valence electrons. The number of hydrogen-bond acceptors (Lipinski definition) is 3. The summed E-state index contributed by atoms with van der Waals surface area (Å²) in [5.41, 5.74) is 2.09. The van der Waals surface area contributed by atoms with Crippen LogP contribution in [0.2, 0.25) is 0 Å². The molecule has 0 saturated carbocycles. The van der Waals surface area contributed by atoms with Crippen LogP contribution in [0.4, 0.5) is 0 Å². The van der Waals surface area contributed by atoms with Crippen molar-refractivity contribution < 1.29 is 13.1 Å². The van der Waals surface area contributed by atoms with Crippen LogP contribution >= 0.6 is 31.5 Å². The summed E-state index contributed by atoms with van der Waals surface area (Å²) in [4.78, 5) is 2.33. The van der Waals surface area contributed by atoms with Gasteiger partial charge in [0, 0.05) is 21.2 Å². The Hall–Kier alpha value is -4.11. The predicted octanol–water partition coefficient (Wildman–Crippen LogP) is 8.08. The van der Waals surface area contributed by atoms with Crippen molar-refractivity contribution in [2.24, 2.45) is 9.32 Å². The van der Waals surface area contributed by atoms with Gasteiger partial charge in [-0.3, -0.25) is 0 Å². The van der Waals surface area contributed by atoms with Crippen molar-refractivity contribution in [3.05, 3.63) is 204 Å². The van der Waals surface area contributed by atoms with Gasteiger partial charge in [-0.25, -0.2) is 0 Å². The maximum absolute atomic E-state index is 5.81. The molecule has 8 heteroatoms. The average Bonchev–Trinajstić information content (AvgIpc) is 3.73. The summed E-state index contributed by atoms with van der Waals surface area (Å²) in [5, 5.41) is 7.61. The molecular weight excluding hydrogens is 771 g/mol. The molecule has 0 atom stereocenters. The molecule has 2 nitrogen and oxygen atoms in total. The van der Waals surface area contributed by atoms with Gasteiger partial charge >= 0.3 is 33.3 Å². The third-order valence-electron chi connectivity index (χ3n) is 9.14. The summed E-state index contributed by atoms with van der Waals surface area (Å²) < 4.78 is 11.6. The molecule has 52 heavy (non-hydrogen) atoms. The van der Waals surface area contributed by atoms with Gasteiger partial charge in [0.05, 0.1) is 0 Å². The molecule has 0 aliphatic heterocycles. The first-order valence-corrected chi connectivity index (χ1v) is 24.7. The second kappa shape index (κ2) is 18.1. The van der Waals surface area contributed by atoms with Gasteiger partial charge in [-0.2, -0.15) is 0 Å². The number of halogens is 2. The van der Waals surface area contributed by atoms with Gasteiger partial charge in [-0.1, -0.05) is 182 Å². The van der Waals surface area contributed by atoms with Crippen LogP contribution < -0.4 is 31.1 Å². The normalized spacial score (nSPS) is 12.2. The van der Waals surface area contributed by atoms with Crippen molar-refractivity contribution >= 4 is 90.5 Å². The van der Waals surface area contributed by atoms with Crippen molar-refractivity contribution in [1.82, 2.24) is 0 Å². The van der Waals surface area contributed by atoms with Crippen molar-refractivity contribution in [3.8, 4) is 0 Å². The zero-order valence-corrected chi connectivity index (χ0v) is 34.3. The van der Waals surface area contributed by atoms with Gasteiger partial charge in [-0.15, -0.1) is 11.3 Å². The van der Waals surface area contributed by atoms with Crippen LogP contribution in [-0.4, -0.2) is 27.9 Å². The Balaban J connectivity index is 0.00000150. The summed E-state index contributed by atoms with van der Waals surface area (Å²) in [7, 11) is 3.95. The summed E-state index contributed by atoms with van der Waals surface area (Å²) in [5.74, 6) is 0. The molecule has 1 heterocycles. The van der Waals surface area contributed by atoms with Crippen molar-refractivity contribution in [3.63, 3.8) is 0 Å². The summed E-state index contributed by atoms with van der Waals surface area (Å²) in [6, 6.07) is 69.7. The Morgan fingerprint density at radius 3 is 0.769 bits per heavy atom. The summed E-state index contributed by atoms with van der Waals surface area (Å²) in [6.07, 6.45) is 0. The van der Waals surface area contributed by atoms with E-state index in [-0.39, 0.29) is 13.1 Å². The van der Waals surface area contributed by atoms with Crippen molar-refractivity contribution in [2.75, 3.05) is 0 Å². The summed E-state index contributed by atoms with van der Waals surface area (Å²) in [6.45, 7) is 4.35. The van der Waals surface area contributed by atoms with Gasteiger partial charge in [-0.05, 0) is 57.1 Å². The van der Waals surface area contributed by atoms with E-state index in [1.54, 1.807) is 11.3 Å². The monoisotopic (exact) mass is 808 g/mol. The van der Waals surface area contributed by atoms with Gasteiger partial charge in [0.15, 0.2) is 0 Å². The molecule has 0 aliphatic carbocycles. The fourth-order valence-corrected chi connectivity index (χ4v) is 15.9. The second-order valence-electron chi connectivity index (χ2n) is 12.2. The van der Waals surface area contributed by atoms with Gasteiger partial charge < -0.3 is 9.32 Å². The molecule has 0 fully saturated rings. The zero-order chi connectivity index (χ0) is 36.2. The third-order valence-corrected chi connectivity index (χ3v) is 18.8. The van der Waals surface area contributed by atoms with Crippen molar-refractivity contribution in [2.45, 2.75) is 13.8 Å². The van der Waals surface area contributed by atoms with Gasteiger partial charge in [0.1, 0.15) is 0 Å². The van der Waals surface area contributed by atoms with E-state index in [2.05, 4.69) is 208 Å². The van der Waals surface area contributed by atoms with Crippen LogP contribution in [0.25, 0.3) is 0 Å². The average molecular weight is 810 g/mol. The molecular formula is C44H38Cl2FeN2SSi2. The zero-order valence-electron chi connectivity index (χ0n) is 28.9. The van der Waals surface area contributed by atoms with Crippen LogP contribution in [0.1, 0.15) is 23.6 Å². The Morgan fingerprint density at radius 2 is 0.577 bits per heavy atom. The maximum atomic E-state index is 5.81. The molecule has 0 aliphatic rings. The number of hydrogen-bond donors (Lipinski definition) is 0. The second-order valence-corrected chi connectivity index (χ2v) is 21.9. The number of nitrogens with zero attached hydrogens (tertiary/aromatic N) is 2. The first-order chi connectivity index (χ1) is 25.5. The van der Waals surface area contributed by atoms with E-state index >= 15 is 0 Å². The van der Waals surface area contributed by atoms with Crippen LogP contribution in [0, 0.1) is 0 Å². The number of benzene rings is 6. The minimum atomic E-state index is -2.79. The molecule has 7 rings (SSSR count). The minimum absolute atomic E-state index is 0.194. The Bertz CT molecular complexity index is 1850. The number of thiophene rings is 1. The predicted molar refractivity (Wildman–Crippen MR) is 228 cm³/mol. The quantitative estimate of drug-likeness (QED) is 0.0760. The molecule has 0 N–H and O–H groups in total. The van der Waals surface area contributed by atoms with Crippen LogP contribution in [-0.2, 0) is 13.1 Å². The van der Waals surface area contributed by atoms with E-state index in [1.165, 1.54) is 31.1 Å².